The number of rotatable bonds is 5. The number of hydrogen-bond donors (Lipinski definition) is 1. The summed E-state index contributed by atoms with van der Waals surface area (Å²) in [5, 5.41) is 8.68. The van der Waals surface area contributed by atoms with Crippen molar-refractivity contribution in [2.75, 3.05) is 6.54 Å². The van der Waals surface area contributed by atoms with Crippen molar-refractivity contribution >= 4 is 11.6 Å². The zero-order chi connectivity index (χ0) is 14.5. The molecule has 0 bridgehead atoms. The predicted molar refractivity (Wildman–Crippen MR) is 87.7 cm³/mol. The first-order valence-electron chi connectivity index (χ1n) is 8.72. The summed E-state index contributed by atoms with van der Waals surface area (Å²) in [7, 11) is 0. The molecule has 118 valence electrons. The average Bonchev–Trinajstić information content (AvgIpc) is 2.99. The number of alkyl halides is 1. The Hall–Kier alpha value is -0.540. The van der Waals surface area contributed by atoms with Gasteiger partial charge in [-0.1, -0.05) is 32.1 Å². The van der Waals surface area contributed by atoms with Crippen LogP contribution in [-0.2, 0) is 6.54 Å². The predicted octanol–water partition coefficient (Wildman–Crippen LogP) is 4.28. The third-order valence-electron chi connectivity index (χ3n) is 5.14. The maximum atomic E-state index is 6.41. The van der Waals surface area contributed by atoms with Crippen LogP contribution in [0.15, 0.2) is 12.3 Å². The third-order valence-corrected chi connectivity index (χ3v) is 5.72. The Morgan fingerprint density at radius 3 is 2.67 bits per heavy atom. The van der Waals surface area contributed by atoms with E-state index in [0.717, 1.165) is 13.1 Å². The van der Waals surface area contributed by atoms with Gasteiger partial charge in [-0.05, 0) is 44.2 Å². The van der Waals surface area contributed by atoms with Gasteiger partial charge in [0, 0.05) is 18.1 Å². The first-order valence-corrected chi connectivity index (χ1v) is 9.15. The lowest BCUT2D eigenvalue weighted by Crippen LogP contribution is -2.31. The van der Waals surface area contributed by atoms with Crippen molar-refractivity contribution in [2.45, 2.75) is 75.8 Å². The van der Waals surface area contributed by atoms with Crippen LogP contribution in [-0.4, -0.2) is 21.7 Å². The number of nitrogens with zero attached hydrogens (tertiary/aromatic N) is 2. The molecule has 0 aliphatic heterocycles. The topological polar surface area (TPSA) is 29.9 Å². The van der Waals surface area contributed by atoms with E-state index in [1.165, 1.54) is 63.5 Å². The lowest BCUT2D eigenvalue weighted by atomic mass is 9.89. The molecule has 2 atom stereocenters. The van der Waals surface area contributed by atoms with E-state index >= 15 is 0 Å². The Morgan fingerprint density at radius 1 is 1.10 bits per heavy atom. The van der Waals surface area contributed by atoms with E-state index in [4.69, 9.17) is 16.7 Å². The van der Waals surface area contributed by atoms with E-state index in [9.17, 15) is 0 Å². The Bertz CT molecular complexity index is 425. The van der Waals surface area contributed by atoms with Gasteiger partial charge in [0.2, 0.25) is 0 Å². The molecule has 0 spiro atoms. The molecule has 1 heterocycles. The summed E-state index contributed by atoms with van der Waals surface area (Å²) in [5.74, 6) is 0.640. The smallest absolute Gasteiger partial charge is 0.0762 e. The van der Waals surface area contributed by atoms with Crippen LogP contribution in [0, 0.1) is 5.92 Å². The fourth-order valence-electron chi connectivity index (χ4n) is 3.80. The molecule has 2 aliphatic carbocycles. The summed E-state index contributed by atoms with van der Waals surface area (Å²) in [6, 6.07) is 2.80. The molecular weight excluding hydrogens is 282 g/mol. The molecule has 2 fully saturated rings. The molecule has 0 aromatic carbocycles. The van der Waals surface area contributed by atoms with Gasteiger partial charge in [0.1, 0.15) is 0 Å². The highest BCUT2D eigenvalue weighted by molar-refractivity contribution is 6.20. The standard InChI is InChI=1S/C17H28ClN3/c18-17-9-5-4-6-14(17)12-19-13-15-10-11-21(20-15)16-7-2-1-3-8-16/h10-11,14,16-17,19H,1-9,12-13H2. The second kappa shape index (κ2) is 7.64. The average molecular weight is 310 g/mol. The van der Waals surface area contributed by atoms with Crippen molar-refractivity contribution in [1.29, 1.82) is 0 Å². The molecule has 2 saturated carbocycles. The van der Waals surface area contributed by atoms with Crippen molar-refractivity contribution in [1.82, 2.24) is 15.1 Å². The van der Waals surface area contributed by atoms with Crippen molar-refractivity contribution in [3.63, 3.8) is 0 Å². The van der Waals surface area contributed by atoms with E-state index in [-0.39, 0.29) is 0 Å². The Labute approximate surface area is 133 Å². The summed E-state index contributed by atoms with van der Waals surface area (Å²) in [5.41, 5.74) is 1.17. The largest absolute Gasteiger partial charge is 0.311 e. The highest BCUT2D eigenvalue weighted by Gasteiger charge is 2.22. The highest BCUT2D eigenvalue weighted by Crippen LogP contribution is 2.28. The zero-order valence-corrected chi connectivity index (χ0v) is 13.7. The van der Waals surface area contributed by atoms with Crippen LogP contribution in [0.4, 0.5) is 0 Å². The van der Waals surface area contributed by atoms with Gasteiger partial charge >= 0.3 is 0 Å². The van der Waals surface area contributed by atoms with Crippen molar-refractivity contribution in [3.05, 3.63) is 18.0 Å². The van der Waals surface area contributed by atoms with E-state index in [0.29, 0.717) is 17.3 Å². The molecule has 3 nitrogen and oxygen atoms in total. The summed E-state index contributed by atoms with van der Waals surface area (Å²) >= 11 is 6.41. The molecular formula is C17H28ClN3. The van der Waals surface area contributed by atoms with Crippen LogP contribution in [0.1, 0.15) is 69.5 Å². The van der Waals surface area contributed by atoms with Crippen molar-refractivity contribution in [3.8, 4) is 0 Å². The monoisotopic (exact) mass is 309 g/mol. The van der Waals surface area contributed by atoms with Gasteiger partial charge in [0.25, 0.3) is 0 Å². The molecule has 1 aromatic rings. The number of aromatic nitrogens is 2. The normalized spacial score (nSPS) is 27.9. The van der Waals surface area contributed by atoms with Gasteiger partial charge in [-0.15, -0.1) is 11.6 Å². The summed E-state index contributed by atoms with van der Waals surface area (Å²) in [6.07, 6.45) is 14.0. The molecule has 0 saturated heterocycles. The molecule has 2 aliphatic rings. The fraction of sp³-hybridized carbons (Fsp3) is 0.824. The number of nitrogens with one attached hydrogen (secondary N) is 1. The van der Waals surface area contributed by atoms with Gasteiger partial charge in [-0.25, -0.2) is 0 Å². The van der Waals surface area contributed by atoms with Gasteiger partial charge in [0.05, 0.1) is 11.7 Å². The van der Waals surface area contributed by atoms with Gasteiger partial charge in [-0.3, -0.25) is 4.68 Å². The lowest BCUT2D eigenvalue weighted by molar-refractivity contribution is 0.326. The van der Waals surface area contributed by atoms with Crippen molar-refractivity contribution in [2.24, 2.45) is 5.92 Å². The first-order chi connectivity index (χ1) is 10.3. The minimum absolute atomic E-state index is 0.367. The molecule has 0 radical (unpaired) electrons. The minimum Gasteiger partial charge on any atom is -0.311 e. The van der Waals surface area contributed by atoms with Crippen LogP contribution in [0.3, 0.4) is 0 Å². The third kappa shape index (κ3) is 4.23. The van der Waals surface area contributed by atoms with E-state index in [1.54, 1.807) is 0 Å². The summed E-state index contributed by atoms with van der Waals surface area (Å²) in [4.78, 5) is 0. The minimum atomic E-state index is 0.367. The first kappa shape index (κ1) is 15.4. The molecule has 1 aromatic heterocycles. The molecule has 21 heavy (non-hydrogen) atoms. The molecule has 0 amide bonds. The lowest BCUT2D eigenvalue weighted by Gasteiger charge is -2.27. The van der Waals surface area contributed by atoms with Gasteiger partial charge in [0.15, 0.2) is 0 Å². The van der Waals surface area contributed by atoms with Crippen LogP contribution >= 0.6 is 11.6 Å². The van der Waals surface area contributed by atoms with Crippen LogP contribution in [0.2, 0.25) is 0 Å². The van der Waals surface area contributed by atoms with Gasteiger partial charge < -0.3 is 5.32 Å². The quantitative estimate of drug-likeness (QED) is 0.823. The highest BCUT2D eigenvalue weighted by atomic mass is 35.5. The Balaban J connectivity index is 1.44. The summed E-state index contributed by atoms with van der Waals surface area (Å²) in [6.45, 7) is 1.91. The fourth-order valence-corrected chi connectivity index (χ4v) is 4.17. The maximum absolute atomic E-state index is 6.41. The second-order valence-corrected chi connectivity index (χ2v) is 7.33. The number of hydrogen-bond acceptors (Lipinski definition) is 2. The van der Waals surface area contributed by atoms with Gasteiger partial charge in [-0.2, -0.15) is 5.10 Å². The Kier molecular flexibility index (Phi) is 5.59. The zero-order valence-electron chi connectivity index (χ0n) is 12.9. The van der Waals surface area contributed by atoms with Crippen LogP contribution in [0.5, 0.6) is 0 Å². The molecule has 3 rings (SSSR count). The van der Waals surface area contributed by atoms with Crippen LogP contribution < -0.4 is 5.32 Å². The van der Waals surface area contributed by atoms with E-state index in [1.807, 2.05) is 0 Å². The number of halogens is 1. The maximum Gasteiger partial charge on any atom is 0.0762 e. The van der Waals surface area contributed by atoms with Crippen LogP contribution in [0.25, 0.3) is 0 Å². The van der Waals surface area contributed by atoms with E-state index in [2.05, 4.69) is 22.3 Å². The second-order valence-electron chi connectivity index (χ2n) is 6.77. The van der Waals surface area contributed by atoms with E-state index < -0.39 is 0 Å². The van der Waals surface area contributed by atoms with Crippen molar-refractivity contribution < 1.29 is 0 Å². The molecule has 1 N–H and O–H groups in total. The summed E-state index contributed by atoms with van der Waals surface area (Å²) < 4.78 is 2.20. The molecule has 4 heteroatoms. The Morgan fingerprint density at radius 2 is 1.86 bits per heavy atom. The molecule has 2 unspecified atom stereocenters. The SMILES string of the molecule is ClC1CCCCC1CNCc1ccn(C2CCCCC2)n1.